The summed E-state index contributed by atoms with van der Waals surface area (Å²) in [5.41, 5.74) is 5.42. The summed E-state index contributed by atoms with van der Waals surface area (Å²) in [5.74, 6) is -0.300. The average Bonchev–Trinajstić information content (AvgIpc) is 3.30. The topological polar surface area (TPSA) is 95.7 Å². The lowest BCUT2D eigenvalue weighted by molar-refractivity contribution is 0.0487. The number of para-hydroxylation sites is 1. The first-order chi connectivity index (χ1) is 15.9. The lowest BCUT2D eigenvalue weighted by Gasteiger charge is -2.40. The van der Waals surface area contributed by atoms with E-state index in [4.69, 9.17) is 15.6 Å². The van der Waals surface area contributed by atoms with E-state index >= 15 is 0 Å². The van der Waals surface area contributed by atoms with Crippen LogP contribution >= 0.6 is 0 Å². The summed E-state index contributed by atoms with van der Waals surface area (Å²) in [6.45, 7) is 3.34. The highest BCUT2D eigenvalue weighted by Crippen LogP contribution is 2.25. The maximum absolute atomic E-state index is 13.8. The van der Waals surface area contributed by atoms with Gasteiger partial charge in [0.15, 0.2) is 5.90 Å². The summed E-state index contributed by atoms with van der Waals surface area (Å²) in [4.78, 5) is 18.0. The van der Waals surface area contributed by atoms with Crippen molar-refractivity contribution in [2.75, 3.05) is 25.1 Å². The molecule has 1 unspecified atom stereocenters. The molecular formula is C25H30N6O2. The minimum Gasteiger partial charge on any atom is -0.426 e. The number of ether oxygens (including phenoxy) is 1. The lowest BCUT2D eigenvalue weighted by atomic mass is 10.0. The zero-order valence-corrected chi connectivity index (χ0v) is 19.0. The van der Waals surface area contributed by atoms with Crippen molar-refractivity contribution >= 4 is 23.4 Å². The van der Waals surface area contributed by atoms with E-state index in [9.17, 15) is 4.79 Å². The Hall–Kier alpha value is -3.49. The van der Waals surface area contributed by atoms with Gasteiger partial charge >= 0.3 is 0 Å². The van der Waals surface area contributed by atoms with Gasteiger partial charge in [0, 0.05) is 30.3 Å². The summed E-state index contributed by atoms with van der Waals surface area (Å²) in [6.07, 6.45) is 5.48. The number of hydrogen-bond acceptors (Lipinski definition) is 7. The van der Waals surface area contributed by atoms with E-state index < -0.39 is 0 Å². The number of nitrogens with zero attached hydrogens (tertiary/aromatic N) is 3. The number of carbonyl (C=O) groups excluding carboxylic acids is 1. The van der Waals surface area contributed by atoms with E-state index in [1.165, 1.54) is 6.92 Å². The SMILES string of the molecule is CC(=N)OC(=N)c1cccc(C(=O)N(C2CCN(C)CC2)C2C=CN(c3ccccc3)N2)c1. The van der Waals surface area contributed by atoms with E-state index in [-0.39, 0.29) is 29.9 Å². The van der Waals surface area contributed by atoms with Crippen LogP contribution in [0.25, 0.3) is 0 Å². The van der Waals surface area contributed by atoms with Crippen molar-refractivity contribution in [1.29, 1.82) is 10.8 Å². The van der Waals surface area contributed by atoms with Gasteiger partial charge in [0.2, 0.25) is 5.90 Å². The first-order valence-electron chi connectivity index (χ1n) is 11.1. The first-order valence-corrected chi connectivity index (χ1v) is 11.1. The zero-order valence-electron chi connectivity index (χ0n) is 19.0. The van der Waals surface area contributed by atoms with Gasteiger partial charge in [0.1, 0.15) is 6.17 Å². The minimum atomic E-state index is -0.283. The quantitative estimate of drug-likeness (QED) is 0.483. The van der Waals surface area contributed by atoms with Crippen LogP contribution in [0.5, 0.6) is 0 Å². The van der Waals surface area contributed by atoms with Crippen LogP contribution in [0.2, 0.25) is 0 Å². The van der Waals surface area contributed by atoms with Crippen LogP contribution in [-0.4, -0.2) is 59.8 Å². The molecule has 0 radical (unpaired) electrons. The van der Waals surface area contributed by atoms with Gasteiger partial charge in [-0.1, -0.05) is 24.3 Å². The van der Waals surface area contributed by atoms with E-state index in [0.29, 0.717) is 11.1 Å². The first kappa shape index (κ1) is 22.7. The summed E-state index contributed by atoms with van der Waals surface area (Å²) in [6, 6.07) is 17.0. The molecule has 2 aliphatic rings. The highest BCUT2D eigenvalue weighted by Gasteiger charge is 2.35. The van der Waals surface area contributed by atoms with E-state index in [1.807, 2.05) is 52.5 Å². The predicted molar refractivity (Wildman–Crippen MR) is 129 cm³/mol. The van der Waals surface area contributed by atoms with E-state index in [0.717, 1.165) is 31.6 Å². The second-order valence-electron chi connectivity index (χ2n) is 8.44. The van der Waals surface area contributed by atoms with Gasteiger partial charge in [-0.25, -0.2) is 5.43 Å². The molecule has 0 saturated carbocycles. The minimum absolute atomic E-state index is 0.0639. The molecule has 2 aromatic carbocycles. The molecule has 1 atom stereocenters. The predicted octanol–water partition coefficient (Wildman–Crippen LogP) is 3.43. The van der Waals surface area contributed by atoms with Crippen LogP contribution in [0.15, 0.2) is 66.9 Å². The smallest absolute Gasteiger partial charge is 0.255 e. The maximum atomic E-state index is 13.8. The Morgan fingerprint density at radius 2 is 1.76 bits per heavy atom. The summed E-state index contributed by atoms with van der Waals surface area (Å²) < 4.78 is 5.13. The molecule has 2 heterocycles. The van der Waals surface area contributed by atoms with Crippen molar-refractivity contribution in [2.45, 2.75) is 32.0 Å². The molecule has 0 aromatic heterocycles. The molecule has 1 amide bonds. The molecule has 8 heteroatoms. The number of hydrazine groups is 1. The Morgan fingerprint density at radius 1 is 1.06 bits per heavy atom. The molecule has 1 fully saturated rings. The molecule has 0 spiro atoms. The molecular weight excluding hydrogens is 416 g/mol. The number of amides is 1. The third kappa shape index (κ3) is 5.30. The second kappa shape index (κ2) is 9.97. The fourth-order valence-corrected chi connectivity index (χ4v) is 4.25. The molecule has 172 valence electrons. The van der Waals surface area contributed by atoms with Gasteiger partial charge in [-0.3, -0.25) is 20.6 Å². The lowest BCUT2D eigenvalue weighted by Crippen LogP contribution is -2.56. The molecule has 33 heavy (non-hydrogen) atoms. The summed E-state index contributed by atoms with van der Waals surface area (Å²) >= 11 is 0. The Balaban J connectivity index is 1.59. The van der Waals surface area contributed by atoms with Gasteiger partial charge in [0.05, 0.1) is 5.69 Å². The Bertz CT molecular complexity index is 1050. The zero-order chi connectivity index (χ0) is 23.4. The van der Waals surface area contributed by atoms with Crippen molar-refractivity contribution in [3.63, 3.8) is 0 Å². The van der Waals surface area contributed by atoms with Crippen LogP contribution in [-0.2, 0) is 4.74 Å². The fraction of sp³-hybridized carbons (Fsp3) is 0.320. The molecule has 0 aliphatic carbocycles. The molecule has 3 N–H and O–H groups in total. The molecule has 2 aromatic rings. The highest BCUT2D eigenvalue weighted by molar-refractivity contribution is 6.02. The molecule has 1 saturated heterocycles. The largest absolute Gasteiger partial charge is 0.426 e. The summed E-state index contributed by atoms with van der Waals surface area (Å²) in [5, 5.41) is 17.5. The normalized spacial score (nSPS) is 18.8. The number of rotatable bonds is 5. The second-order valence-corrected chi connectivity index (χ2v) is 8.44. The van der Waals surface area contributed by atoms with Crippen molar-refractivity contribution in [2.24, 2.45) is 0 Å². The number of benzene rings is 2. The van der Waals surface area contributed by atoms with E-state index in [2.05, 4.69) is 17.4 Å². The van der Waals surface area contributed by atoms with E-state index in [1.54, 1.807) is 24.3 Å². The van der Waals surface area contributed by atoms with Gasteiger partial charge in [-0.2, -0.15) is 0 Å². The number of anilines is 1. The molecule has 4 rings (SSSR count). The Kier molecular flexibility index (Phi) is 6.86. The Labute approximate surface area is 194 Å². The third-order valence-electron chi connectivity index (χ3n) is 5.97. The number of likely N-dealkylation sites (tertiary alicyclic amines) is 1. The standard InChI is InChI=1S/C25H30N6O2/c1-18(26)33-24(27)19-7-6-8-20(17-19)25(32)31(22-11-14-29(2)15-12-22)23-13-16-30(28-23)21-9-4-3-5-10-21/h3-10,13,16-17,22-23,26-28H,11-12,14-15H2,1-2H3. The van der Waals surface area contributed by atoms with Gasteiger partial charge in [-0.15, -0.1) is 0 Å². The van der Waals surface area contributed by atoms with Crippen LogP contribution in [0.4, 0.5) is 5.69 Å². The Morgan fingerprint density at radius 3 is 2.45 bits per heavy atom. The number of hydrogen-bond donors (Lipinski definition) is 3. The van der Waals surface area contributed by atoms with Crippen molar-refractivity contribution in [3.8, 4) is 0 Å². The van der Waals surface area contributed by atoms with Crippen LogP contribution < -0.4 is 10.4 Å². The number of piperidine rings is 1. The van der Waals surface area contributed by atoms with Crippen molar-refractivity contribution < 1.29 is 9.53 Å². The van der Waals surface area contributed by atoms with Gasteiger partial charge < -0.3 is 14.5 Å². The number of nitrogens with one attached hydrogen (secondary N) is 3. The van der Waals surface area contributed by atoms with Gasteiger partial charge in [-0.05, 0) is 69.4 Å². The fourth-order valence-electron chi connectivity index (χ4n) is 4.25. The molecule has 8 nitrogen and oxygen atoms in total. The third-order valence-corrected chi connectivity index (χ3v) is 5.97. The average molecular weight is 447 g/mol. The van der Waals surface area contributed by atoms with Gasteiger partial charge in [0.25, 0.3) is 5.91 Å². The number of carbonyl (C=O) groups is 1. The highest BCUT2D eigenvalue weighted by atomic mass is 16.5. The van der Waals surface area contributed by atoms with Crippen LogP contribution in [0, 0.1) is 10.8 Å². The molecule has 0 bridgehead atoms. The molecule has 2 aliphatic heterocycles. The summed E-state index contributed by atoms with van der Waals surface area (Å²) in [7, 11) is 2.10. The van der Waals surface area contributed by atoms with Crippen molar-refractivity contribution in [3.05, 3.63) is 78.0 Å². The van der Waals surface area contributed by atoms with Crippen LogP contribution in [0.3, 0.4) is 0 Å². The van der Waals surface area contributed by atoms with Crippen molar-refractivity contribution in [1.82, 2.24) is 15.2 Å². The monoisotopic (exact) mass is 446 g/mol. The maximum Gasteiger partial charge on any atom is 0.255 e. The van der Waals surface area contributed by atoms with Crippen LogP contribution in [0.1, 0.15) is 35.7 Å².